The minimum atomic E-state index is -0.486. The minimum absolute atomic E-state index is 0.0303. The Morgan fingerprint density at radius 1 is 0.838 bits per heavy atom. The molecule has 0 unspecified atom stereocenters. The fourth-order valence-electron chi connectivity index (χ4n) is 3.82. The summed E-state index contributed by atoms with van der Waals surface area (Å²) in [6.07, 6.45) is 2.99. The predicted octanol–water partition coefficient (Wildman–Crippen LogP) is 5.28. The van der Waals surface area contributed by atoms with E-state index < -0.39 is 17.9 Å². The number of nitrogens with one attached hydrogen (secondary N) is 2. The minimum Gasteiger partial charge on any atom is -0.493 e. The van der Waals surface area contributed by atoms with Crippen molar-refractivity contribution in [3.63, 3.8) is 0 Å². The van der Waals surface area contributed by atoms with Crippen LogP contribution in [0.3, 0.4) is 0 Å². The second kappa shape index (κ2) is 11.8. The molecular weight excluding hydrogens is 468 g/mol. The summed E-state index contributed by atoms with van der Waals surface area (Å²) in [6.45, 7) is 2.01. The first kappa shape index (κ1) is 25.3. The molecule has 0 fully saturated rings. The van der Waals surface area contributed by atoms with E-state index in [0.717, 1.165) is 16.7 Å². The Kier molecular flexibility index (Phi) is 8.05. The van der Waals surface area contributed by atoms with Gasteiger partial charge in [-0.2, -0.15) is 0 Å². The van der Waals surface area contributed by atoms with Gasteiger partial charge in [-0.05, 0) is 48.4 Å². The van der Waals surface area contributed by atoms with Gasteiger partial charge in [0.15, 0.2) is 11.5 Å². The maximum atomic E-state index is 13.6. The van der Waals surface area contributed by atoms with E-state index in [0.29, 0.717) is 22.8 Å². The van der Waals surface area contributed by atoms with Gasteiger partial charge in [0.1, 0.15) is 11.5 Å². The van der Waals surface area contributed by atoms with E-state index in [-0.39, 0.29) is 5.70 Å². The number of aryl methyl sites for hydroxylation is 1. The van der Waals surface area contributed by atoms with Crippen molar-refractivity contribution in [2.45, 2.75) is 13.0 Å². The summed E-state index contributed by atoms with van der Waals surface area (Å²) in [6, 6.07) is 25.3. The summed E-state index contributed by atoms with van der Waals surface area (Å²) >= 11 is 0. The van der Waals surface area contributed by atoms with E-state index >= 15 is 0 Å². The van der Waals surface area contributed by atoms with Crippen LogP contribution in [0.15, 0.2) is 101 Å². The van der Waals surface area contributed by atoms with Crippen LogP contribution >= 0.6 is 0 Å². The molecule has 2 N–H and O–H groups in total. The van der Waals surface area contributed by atoms with Gasteiger partial charge >= 0.3 is 0 Å². The van der Waals surface area contributed by atoms with Gasteiger partial charge in [0, 0.05) is 11.6 Å². The van der Waals surface area contributed by atoms with Crippen LogP contribution in [-0.4, -0.2) is 26.0 Å². The highest BCUT2D eigenvalue weighted by atomic mass is 16.5. The highest BCUT2D eigenvalue weighted by Gasteiger charge is 2.22. The zero-order valence-corrected chi connectivity index (χ0v) is 20.9. The number of benzene rings is 3. The van der Waals surface area contributed by atoms with Gasteiger partial charge in [0.25, 0.3) is 11.8 Å². The maximum absolute atomic E-state index is 13.6. The van der Waals surface area contributed by atoms with Crippen LogP contribution in [0.5, 0.6) is 11.5 Å². The number of carbonyl (C=O) groups excluding carboxylic acids is 2. The number of carbonyl (C=O) groups is 2. The summed E-state index contributed by atoms with van der Waals surface area (Å²) in [5, 5.41) is 5.80. The van der Waals surface area contributed by atoms with Gasteiger partial charge in [0.2, 0.25) is 0 Å². The van der Waals surface area contributed by atoms with Gasteiger partial charge in [-0.15, -0.1) is 0 Å². The second-order valence-corrected chi connectivity index (χ2v) is 8.33. The molecule has 0 aliphatic heterocycles. The summed E-state index contributed by atoms with van der Waals surface area (Å²) in [5.74, 6) is 0.358. The molecule has 0 aliphatic carbocycles. The van der Waals surface area contributed by atoms with E-state index in [1.54, 1.807) is 30.3 Å². The molecule has 2 amide bonds. The van der Waals surface area contributed by atoms with Crippen LogP contribution in [0.25, 0.3) is 6.08 Å². The lowest BCUT2D eigenvalue weighted by atomic mass is 9.97. The van der Waals surface area contributed by atoms with Crippen molar-refractivity contribution in [1.82, 2.24) is 10.6 Å². The quantitative estimate of drug-likeness (QED) is 0.308. The van der Waals surface area contributed by atoms with Crippen LogP contribution < -0.4 is 20.1 Å². The molecule has 4 aromatic rings. The summed E-state index contributed by atoms with van der Waals surface area (Å²) in [7, 11) is 3.01. The van der Waals surface area contributed by atoms with Crippen LogP contribution in [0, 0.1) is 6.92 Å². The molecule has 37 heavy (non-hydrogen) atoms. The molecule has 0 saturated carbocycles. The largest absolute Gasteiger partial charge is 0.493 e. The van der Waals surface area contributed by atoms with Gasteiger partial charge in [-0.3, -0.25) is 9.59 Å². The highest BCUT2D eigenvalue weighted by molar-refractivity contribution is 6.05. The first-order chi connectivity index (χ1) is 18.0. The van der Waals surface area contributed by atoms with E-state index in [2.05, 4.69) is 10.6 Å². The Bertz CT molecular complexity index is 1380. The number of rotatable bonds is 9. The Balaban J connectivity index is 1.65. The zero-order valence-electron chi connectivity index (χ0n) is 20.9. The molecule has 0 spiro atoms. The number of hydrogen-bond donors (Lipinski definition) is 2. The number of ether oxygens (including phenoxy) is 2. The molecule has 7 nitrogen and oxygen atoms in total. The number of furan rings is 1. The molecule has 0 radical (unpaired) electrons. The van der Waals surface area contributed by atoms with E-state index in [4.69, 9.17) is 13.9 Å². The normalized spacial score (nSPS) is 11.9. The lowest BCUT2D eigenvalue weighted by molar-refractivity contribution is -0.118. The summed E-state index contributed by atoms with van der Waals surface area (Å²) < 4.78 is 16.0. The Morgan fingerprint density at radius 2 is 1.54 bits per heavy atom. The van der Waals surface area contributed by atoms with E-state index in [1.165, 1.54) is 26.6 Å². The SMILES string of the molecule is COc1ccc(C(=O)N/C(=C\c2ccco2)C(=O)N[C@H](c2ccccc2)c2ccc(C)cc2)cc1OC. The third-order valence-electron chi connectivity index (χ3n) is 5.79. The van der Waals surface area contributed by atoms with Crippen LogP contribution in [0.2, 0.25) is 0 Å². The smallest absolute Gasteiger partial charge is 0.268 e. The van der Waals surface area contributed by atoms with Gasteiger partial charge in [-0.25, -0.2) is 0 Å². The van der Waals surface area contributed by atoms with Crippen molar-refractivity contribution in [2.75, 3.05) is 14.2 Å². The summed E-state index contributed by atoms with van der Waals surface area (Å²) in [5.41, 5.74) is 3.26. The number of hydrogen-bond acceptors (Lipinski definition) is 5. The zero-order chi connectivity index (χ0) is 26.2. The third kappa shape index (κ3) is 6.27. The fraction of sp³-hybridized carbons (Fsp3) is 0.133. The molecular formula is C30H28N2O5. The Hall–Kier alpha value is -4.78. The summed E-state index contributed by atoms with van der Waals surface area (Å²) in [4.78, 5) is 26.8. The van der Waals surface area contributed by atoms with Gasteiger partial charge in [-0.1, -0.05) is 60.2 Å². The van der Waals surface area contributed by atoms with Crippen molar-refractivity contribution in [1.29, 1.82) is 0 Å². The maximum Gasteiger partial charge on any atom is 0.268 e. The molecule has 1 heterocycles. The Morgan fingerprint density at radius 3 is 2.19 bits per heavy atom. The molecule has 3 aromatic carbocycles. The van der Waals surface area contributed by atoms with Crippen molar-refractivity contribution in [3.8, 4) is 11.5 Å². The van der Waals surface area contributed by atoms with Gasteiger partial charge < -0.3 is 24.5 Å². The lowest BCUT2D eigenvalue weighted by Crippen LogP contribution is -2.37. The average molecular weight is 497 g/mol. The first-order valence-corrected chi connectivity index (χ1v) is 11.7. The van der Waals surface area contributed by atoms with Crippen LogP contribution in [0.4, 0.5) is 0 Å². The van der Waals surface area contributed by atoms with Crippen molar-refractivity contribution >= 4 is 17.9 Å². The molecule has 1 atom stereocenters. The van der Waals surface area contributed by atoms with E-state index in [9.17, 15) is 9.59 Å². The fourth-order valence-corrected chi connectivity index (χ4v) is 3.82. The number of amides is 2. The van der Waals surface area contributed by atoms with Crippen molar-refractivity contribution in [2.24, 2.45) is 0 Å². The molecule has 0 bridgehead atoms. The van der Waals surface area contributed by atoms with E-state index in [1.807, 2.05) is 61.5 Å². The lowest BCUT2D eigenvalue weighted by Gasteiger charge is -2.21. The average Bonchev–Trinajstić information content (AvgIpc) is 3.45. The Labute approximate surface area is 215 Å². The molecule has 0 saturated heterocycles. The van der Waals surface area contributed by atoms with Crippen molar-refractivity contribution in [3.05, 3.63) is 125 Å². The molecule has 4 rings (SSSR count). The molecule has 7 heteroatoms. The third-order valence-corrected chi connectivity index (χ3v) is 5.79. The second-order valence-electron chi connectivity index (χ2n) is 8.33. The molecule has 0 aliphatic rings. The standard InChI is InChI=1S/C30H28N2O5/c1-20-11-13-22(14-12-20)28(21-8-5-4-6-9-21)32-30(34)25(19-24-10-7-17-37-24)31-29(33)23-15-16-26(35-2)27(18-23)36-3/h4-19,28H,1-3H3,(H,31,33)(H,32,34)/b25-19-/t28-/m1/s1. The monoisotopic (exact) mass is 496 g/mol. The molecule has 188 valence electrons. The molecule has 1 aromatic heterocycles. The van der Waals surface area contributed by atoms with Crippen LogP contribution in [0.1, 0.15) is 38.9 Å². The van der Waals surface area contributed by atoms with Crippen molar-refractivity contribution < 1.29 is 23.5 Å². The number of methoxy groups -OCH3 is 2. The highest BCUT2D eigenvalue weighted by Crippen LogP contribution is 2.28. The predicted molar refractivity (Wildman–Crippen MR) is 141 cm³/mol. The van der Waals surface area contributed by atoms with Gasteiger partial charge in [0.05, 0.1) is 26.5 Å². The topological polar surface area (TPSA) is 89.8 Å². The first-order valence-electron chi connectivity index (χ1n) is 11.7. The van der Waals surface area contributed by atoms with Crippen LogP contribution in [-0.2, 0) is 4.79 Å².